The second-order valence-corrected chi connectivity index (χ2v) is 5.31. The summed E-state index contributed by atoms with van der Waals surface area (Å²) in [5, 5.41) is 3.38. The van der Waals surface area contributed by atoms with E-state index in [1.54, 1.807) is 0 Å². The van der Waals surface area contributed by atoms with E-state index in [1.807, 2.05) is 74.5 Å². The number of hydrogen-bond donors (Lipinski definition) is 1. The number of carbonyl (C=O) groups excluding carboxylic acids is 1. The van der Waals surface area contributed by atoms with E-state index >= 15 is 0 Å². The van der Waals surface area contributed by atoms with Crippen LogP contribution in [0.2, 0.25) is 0 Å². The Bertz CT molecular complexity index is 581. The first kappa shape index (κ1) is 15.1. The molecule has 0 aromatic heterocycles. The molecule has 0 amide bonds. The smallest absolute Gasteiger partial charge is 0.336 e. The summed E-state index contributed by atoms with van der Waals surface area (Å²) in [6, 6.07) is 19.4. The third-order valence-corrected chi connectivity index (χ3v) is 3.72. The Morgan fingerprint density at radius 2 is 1.52 bits per heavy atom. The Kier molecular flexibility index (Phi) is 4.63. The van der Waals surface area contributed by atoms with Gasteiger partial charge in [-0.3, -0.25) is 0 Å². The van der Waals surface area contributed by atoms with E-state index in [2.05, 4.69) is 5.32 Å². The fourth-order valence-electron chi connectivity index (χ4n) is 2.57. The Balaban J connectivity index is 2.54. The van der Waals surface area contributed by atoms with Crippen LogP contribution in [0.15, 0.2) is 60.7 Å². The molecular weight excluding hydrogens is 262 g/mol. The van der Waals surface area contributed by atoms with E-state index < -0.39 is 5.54 Å². The molecule has 0 bridgehead atoms. The van der Waals surface area contributed by atoms with Crippen LogP contribution in [0, 0.1) is 5.92 Å². The molecule has 0 fully saturated rings. The molecule has 110 valence electrons. The molecule has 1 atom stereocenters. The lowest BCUT2D eigenvalue weighted by Gasteiger charge is -2.37. The molecule has 2 rings (SSSR count). The number of methoxy groups -OCH3 is 1. The van der Waals surface area contributed by atoms with Crippen LogP contribution in [0.5, 0.6) is 0 Å². The maximum atomic E-state index is 12.6. The normalized spacial score (nSPS) is 13.5. The zero-order valence-electron chi connectivity index (χ0n) is 12.7. The van der Waals surface area contributed by atoms with Gasteiger partial charge in [0, 0.05) is 5.69 Å². The number of hydrogen-bond acceptors (Lipinski definition) is 3. The molecule has 0 heterocycles. The molecule has 0 radical (unpaired) electrons. The molecule has 3 nitrogen and oxygen atoms in total. The zero-order valence-corrected chi connectivity index (χ0v) is 12.7. The Hall–Kier alpha value is -2.29. The monoisotopic (exact) mass is 283 g/mol. The highest BCUT2D eigenvalue weighted by atomic mass is 16.5. The summed E-state index contributed by atoms with van der Waals surface area (Å²) in [4.78, 5) is 12.6. The highest BCUT2D eigenvalue weighted by molar-refractivity contribution is 5.86. The Morgan fingerprint density at radius 1 is 1.00 bits per heavy atom. The van der Waals surface area contributed by atoms with Crippen LogP contribution in [-0.4, -0.2) is 13.1 Å². The summed E-state index contributed by atoms with van der Waals surface area (Å²) in [6.45, 7) is 4.03. The zero-order chi connectivity index (χ0) is 15.3. The first-order chi connectivity index (χ1) is 10.1. The second-order valence-electron chi connectivity index (χ2n) is 5.31. The van der Waals surface area contributed by atoms with Gasteiger partial charge in [0.1, 0.15) is 0 Å². The first-order valence-corrected chi connectivity index (χ1v) is 7.08. The summed E-state index contributed by atoms with van der Waals surface area (Å²) in [5.41, 5.74) is 0.883. The highest BCUT2D eigenvalue weighted by Gasteiger charge is 2.44. The van der Waals surface area contributed by atoms with Crippen molar-refractivity contribution in [2.45, 2.75) is 19.4 Å². The average molecular weight is 283 g/mol. The van der Waals surface area contributed by atoms with Crippen molar-refractivity contribution < 1.29 is 9.53 Å². The quantitative estimate of drug-likeness (QED) is 0.848. The first-order valence-electron chi connectivity index (χ1n) is 7.08. The van der Waals surface area contributed by atoms with Gasteiger partial charge in [0.25, 0.3) is 0 Å². The Labute approximate surface area is 126 Å². The number of nitrogens with one attached hydrogen (secondary N) is 1. The van der Waals surface area contributed by atoms with Gasteiger partial charge in [-0.15, -0.1) is 0 Å². The van der Waals surface area contributed by atoms with Crippen LogP contribution in [0.4, 0.5) is 5.69 Å². The Morgan fingerprint density at radius 3 is 2.00 bits per heavy atom. The van der Waals surface area contributed by atoms with Crippen molar-refractivity contribution in [3.8, 4) is 0 Å². The van der Waals surface area contributed by atoms with Gasteiger partial charge < -0.3 is 10.1 Å². The number of benzene rings is 2. The predicted octanol–water partition coefficient (Wildman–Crippen LogP) is 3.82. The van der Waals surface area contributed by atoms with Crippen LogP contribution in [0.1, 0.15) is 19.4 Å². The maximum Gasteiger partial charge on any atom is 0.336 e. The van der Waals surface area contributed by atoms with Crippen LogP contribution < -0.4 is 5.32 Å². The third-order valence-electron chi connectivity index (χ3n) is 3.72. The summed E-state index contributed by atoms with van der Waals surface area (Å²) in [5.74, 6) is -0.264. The summed E-state index contributed by atoms with van der Waals surface area (Å²) in [6.07, 6.45) is 0. The molecule has 0 saturated heterocycles. The number of carbonyl (C=O) groups is 1. The van der Waals surface area contributed by atoms with E-state index in [9.17, 15) is 4.79 Å². The van der Waals surface area contributed by atoms with E-state index in [1.165, 1.54) is 7.11 Å². The molecule has 0 aliphatic carbocycles. The van der Waals surface area contributed by atoms with Gasteiger partial charge in [-0.25, -0.2) is 4.79 Å². The van der Waals surface area contributed by atoms with Gasteiger partial charge in [0.2, 0.25) is 0 Å². The van der Waals surface area contributed by atoms with Gasteiger partial charge in [-0.1, -0.05) is 62.4 Å². The summed E-state index contributed by atoms with van der Waals surface area (Å²) in [7, 11) is 1.43. The van der Waals surface area contributed by atoms with Crippen molar-refractivity contribution in [1.82, 2.24) is 0 Å². The van der Waals surface area contributed by atoms with Crippen molar-refractivity contribution >= 4 is 11.7 Å². The summed E-state index contributed by atoms with van der Waals surface area (Å²) >= 11 is 0. The topological polar surface area (TPSA) is 38.3 Å². The molecule has 1 unspecified atom stereocenters. The lowest BCUT2D eigenvalue weighted by Crippen LogP contribution is -2.48. The molecule has 0 aliphatic heterocycles. The van der Waals surface area contributed by atoms with E-state index in [-0.39, 0.29) is 11.9 Å². The molecule has 3 heteroatoms. The van der Waals surface area contributed by atoms with Crippen molar-refractivity contribution in [3.63, 3.8) is 0 Å². The standard InChI is InChI=1S/C18H21NO2/c1-14(2)18(17(20)21-3,15-10-6-4-7-11-15)19-16-12-8-5-9-13-16/h4-14,19H,1-3H3. The second kappa shape index (κ2) is 6.44. The maximum absolute atomic E-state index is 12.6. The van der Waals surface area contributed by atoms with Crippen molar-refractivity contribution in [1.29, 1.82) is 0 Å². The van der Waals surface area contributed by atoms with E-state index in [0.717, 1.165) is 11.3 Å². The van der Waals surface area contributed by atoms with Gasteiger partial charge in [-0.05, 0) is 23.6 Å². The van der Waals surface area contributed by atoms with Crippen molar-refractivity contribution in [2.24, 2.45) is 5.92 Å². The SMILES string of the molecule is COC(=O)C(Nc1ccccc1)(c1ccccc1)C(C)C. The van der Waals surface area contributed by atoms with Gasteiger partial charge in [-0.2, -0.15) is 0 Å². The minimum absolute atomic E-state index is 0.0209. The number of ether oxygens (including phenoxy) is 1. The number of rotatable bonds is 5. The third kappa shape index (κ3) is 2.92. The average Bonchev–Trinajstić information content (AvgIpc) is 2.53. The molecule has 2 aromatic rings. The fraction of sp³-hybridized carbons (Fsp3) is 0.278. The summed E-state index contributed by atoms with van der Waals surface area (Å²) < 4.78 is 5.10. The van der Waals surface area contributed by atoms with Crippen molar-refractivity contribution in [3.05, 3.63) is 66.2 Å². The van der Waals surface area contributed by atoms with Crippen molar-refractivity contribution in [2.75, 3.05) is 12.4 Å². The fourth-order valence-corrected chi connectivity index (χ4v) is 2.57. The minimum atomic E-state index is -0.905. The molecule has 21 heavy (non-hydrogen) atoms. The lowest BCUT2D eigenvalue weighted by molar-refractivity contribution is -0.148. The van der Waals surface area contributed by atoms with Crippen LogP contribution in [-0.2, 0) is 15.1 Å². The van der Waals surface area contributed by atoms with Gasteiger partial charge in [0.05, 0.1) is 7.11 Å². The largest absolute Gasteiger partial charge is 0.467 e. The van der Waals surface area contributed by atoms with Crippen LogP contribution >= 0.6 is 0 Å². The minimum Gasteiger partial charge on any atom is -0.467 e. The molecular formula is C18H21NO2. The van der Waals surface area contributed by atoms with Gasteiger partial charge in [0.15, 0.2) is 5.54 Å². The molecule has 0 aliphatic rings. The number of para-hydroxylation sites is 1. The number of esters is 1. The molecule has 0 saturated carbocycles. The van der Waals surface area contributed by atoms with Gasteiger partial charge >= 0.3 is 5.97 Å². The van der Waals surface area contributed by atoms with Crippen LogP contribution in [0.3, 0.4) is 0 Å². The lowest BCUT2D eigenvalue weighted by atomic mass is 9.79. The number of anilines is 1. The van der Waals surface area contributed by atoms with E-state index in [4.69, 9.17) is 4.74 Å². The van der Waals surface area contributed by atoms with E-state index in [0.29, 0.717) is 0 Å². The van der Waals surface area contributed by atoms with Crippen LogP contribution in [0.25, 0.3) is 0 Å². The molecule has 0 spiro atoms. The molecule has 1 N–H and O–H groups in total. The predicted molar refractivity (Wildman–Crippen MR) is 85.0 cm³/mol. The molecule has 2 aromatic carbocycles. The highest BCUT2D eigenvalue weighted by Crippen LogP contribution is 2.35.